The van der Waals surface area contributed by atoms with Crippen LogP contribution in [0.25, 0.3) is 11.5 Å². The van der Waals surface area contributed by atoms with E-state index < -0.39 is 21.9 Å². The average Bonchev–Trinajstić information content (AvgIpc) is 2.96. The maximum Gasteiger partial charge on any atom is 0.501 e. The molecule has 29 heavy (non-hydrogen) atoms. The van der Waals surface area contributed by atoms with Gasteiger partial charge in [0.15, 0.2) is 0 Å². The van der Waals surface area contributed by atoms with Crippen LogP contribution in [-0.4, -0.2) is 8.42 Å². The zero-order chi connectivity index (χ0) is 22.0. The van der Waals surface area contributed by atoms with E-state index in [9.17, 15) is 8.42 Å². The van der Waals surface area contributed by atoms with Gasteiger partial charge in [0.25, 0.3) is 0 Å². The number of hydrogen-bond acceptors (Lipinski definition) is 4. The third-order valence-electron chi connectivity index (χ3n) is 3.45. The molecule has 0 spiro atoms. The van der Waals surface area contributed by atoms with Crippen LogP contribution >= 0.6 is 116 Å². The zero-order valence-corrected chi connectivity index (χ0v) is 21.2. The van der Waals surface area contributed by atoms with E-state index in [0.29, 0.717) is 0 Å². The smallest absolute Gasteiger partial charge is 0.348 e. The fourth-order valence-electron chi connectivity index (χ4n) is 2.22. The lowest BCUT2D eigenvalue weighted by atomic mass is 10.1. The van der Waals surface area contributed by atoms with Crippen LogP contribution in [0, 0.1) is 0 Å². The Labute approximate surface area is 214 Å². The third-order valence-corrected chi connectivity index (χ3v) is 8.75. The molecule has 1 heterocycles. The van der Waals surface area contributed by atoms with E-state index in [-0.39, 0.29) is 61.4 Å². The van der Waals surface area contributed by atoms with Crippen LogP contribution in [0.2, 0.25) is 50.2 Å². The van der Waals surface area contributed by atoms with E-state index in [1.165, 1.54) is 0 Å². The first kappa shape index (κ1) is 24.3. The summed E-state index contributed by atoms with van der Waals surface area (Å²) in [5, 5.41) is -2.33. The highest BCUT2D eigenvalue weighted by atomic mass is 35.5. The molecular formula is C14Cl10O4S. The summed E-state index contributed by atoms with van der Waals surface area (Å²) in [6.45, 7) is 0. The molecule has 0 N–H and O–H groups in total. The van der Waals surface area contributed by atoms with Crippen LogP contribution in [0.5, 0.6) is 0 Å². The van der Waals surface area contributed by atoms with Crippen molar-refractivity contribution in [2.75, 3.05) is 0 Å². The van der Waals surface area contributed by atoms with Gasteiger partial charge in [0.1, 0.15) is 0 Å². The largest absolute Gasteiger partial charge is 0.501 e. The van der Waals surface area contributed by atoms with Crippen molar-refractivity contribution in [2.45, 2.75) is 0 Å². The van der Waals surface area contributed by atoms with Gasteiger partial charge in [-0.2, -0.15) is 0 Å². The topological polar surface area (TPSA) is 52.6 Å². The molecule has 0 amide bonds. The van der Waals surface area contributed by atoms with Gasteiger partial charge in [0.05, 0.1) is 61.4 Å². The number of rotatable bonds is 2. The van der Waals surface area contributed by atoms with E-state index in [1.807, 2.05) is 0 Å². The minimum absolute atomic E-state index is 0.162. The van der Waals surface area contributed by atoms with Gasteiger partial charge in [0.2, 0.25) is 11.5 Å². The number of halogens is 10. The average molecular weight is 619 g/mol. The molecule has 0 aromatic heterocycles. The molecule has 3 rings (SSSR count). The number of benzene rings is 2. The molecule has 0 bridgehead atoms. The van der Waals surface area contributed by atoms with Crippen molar-refractivity contribution < 1.29 is 16.8 Å². The van der Waals surface area contributed by atoms with Gasteiger partial charge in [-0.3, -0.25) is 0 Å². The van der Waals surface area contributed by atoms with Gasteiger partial charge in [0, 0.05) is 0 Å². The second-order valence-corrected chi connectivity index (χ2v) is 10.1. The van der Waals surface area contributed by atoms with Gasteiger partial charge in [-0.25, -0.2) is 0 Å². The molecule has 0 fully saturated rings. The Morgan fingerprint density at radius 1 is 0.414 bits per heavy atom. The van der Waals surface area contributed by atoms with Crippen LogP contribution in [0.15, 0.2) is 0 Å². The molecule has 0 radical (unpaired) electrons. The van der Waals surface area contributed by atoms with E-state index in [0.717, 1.165) is 0 Å². The fraction of sp³-hybridized carbons (Fsp3) is 0. The molecule has 1 aliphatic heterocycles. The molecule has 156 valence electrons. The highest BCUT2D eigenvalue weighted by molar-refractivity contribution is 7.82. The zero-order valence-electron chi connectivity index (χ0n) is 12.8. The van der Waals surface area contributed by atoms with Gasteiger partial charge in [-0.05, 0) is 0 Å². The first-order chi connectivity index (χ1) is 13.3. The van der Waals surface area contributed by atoms with Gasteiger partial charge >= 0.3 is 10.4 Å². The Hall–Kier alpha value is 0.630. The van der Waals surface area contributed by atoms with Crippen LogP contribution in [0.1, 0.15) is 11.1 Å². The quantitative estimate of drug-likeness (QED) is 0.249. The molecule has 4 nitrogen and oxygen atoms in total. The number of hydrogen-bond donors (Lipinski definition) is 0. The Balaban J connectivity index is 2.48. The standard InChI is InChI=1S/C14Cl10O4S/c15-3-1(4(16)8(20)11(23)7(3)19)13-14(28-29(25,26)27-13)2-5(17)9(21)12(24)10(22)6(2)18. The second kappa shape index (κ2) is 8.53. The first-order valence-electron chi connectivity index (χ1n) is 6.71. The maximum atomic E-state index is 12.1. The Kier molecular flexibility index (Phi) is 7.14. The molecule has 0 saturated carbocycles. The highest BCUT2D eigenvalue weighted by Crippen LogP contribution is 2.54. The summed E-state index contributed by atoms with van der Waals surface area (Å²) >= 11 is 60.9. The van der Waals surface area contributed by atoms with Crippen molar-refractivity contribution in [1.29, 1.82) is 0 Å². The van der Waals surface area contributed by atoms with Crippen LogP contribution in [0.3, 0.4) is 0 Å². The lowest BCUT2D eigenvalue weighted by Crippen LogP contribution is -1.99. The normalized spacial score (nSPS) is 15.5. The van der Waals surface area contributed by atoms with E-state index in [2.05, 4.69) is 0 Å². The van der Waals surface area contributed by atoms with Gasteiger partial charge in [-0.15, -0.1) is 8.42 Å². The van der Waals surface area contributed by atoms with Crippen molar-refractivity contribution in [3.05, 3.63) is 61.4 Å². The first-order valence-corrected chi connectivity index (χ1v) is 11.8. The van der Waals surface area contributed by atoms with Gasteiger partial charge in [-0.1, -0.05) is 116 Å². The lowest BCUT2D eigenvalue weighted by Gasteiger charge is -2.14. The van der Waals surface area contributed by atoms with E-state index >= 15 is 0 Å². The summed E-state index contributed by atoms with van der Waals surface area (Å²) < 4.78 is 33.9. The third kappa shape index (κ3) is 4.07. The highest BCUT2D eigenvalue weighted by Gasteiger charge is 2.40. The molecule has 0 aliphatic carbocycles. The minimum atomic E-state index is -4.63. The minimum Gasteiger partial charge on any atom is -0.348 e. The Bertz CT molecular complexity index is 1080. The van der Waals surface area contributed by atoms with Gasteiger partial charge < -0.3 is 8.37 Å². The summed E-state index contributed by atoms with van der Waals surface area (Å²) in [7, 11) is -4.63. The van der Waals surface area contributed by atoms with Crippen LogP contribution in [-0.2, 0) is 18.8 Å². The molecule has 2 aromatic rings. The second-order valence-electron chi connectivity index (χ2n) is 5.12. The summed E-state index contributed by atoms with van der Waals surface area (Å²) in [5.41, 5.74) is -0.503. The maximum absolute atomic E-state index is 12.1. The van der Waals surface area contributed by atoms with Crippen LogP contribution < -0.4 is 0 Å². The molecule has 0 atom stereocenters. The lowest BCUT2D eigenvalue weighted by molar-refractivity contribution is 0.394. The van der Waals surface area contributed by atoms with Crippen molar-refractivity contribution in [3.8, 4) is 0 Å². The monoisotopic (exact) mass is 614 g/mol. The summed E-state index contributed by atoms with van der Waals surface area (Å²) in [6, 6.07) is 0. The fourth-order valence-corrected chi connectivity index (χ4v) is 5.60. The van der Waals surface area contributed by atoms with Crippen molar-refractivity contribution >= 4 is 138 Å². The summed E-state index contributed by atoms with van der Waals surface area (Å²) in [4.78, 5) is 0. The van der Waals surface area contributed by atoms with E-state index in [4.69, 9.17) is 124 Å². The van der Waals surface area contributed by atoms with E-state index in [1.54, 1.807) is 0 Å². The summed E-state index contributed by atoms with van der Waals surface area (Å²) in [6.07, 6.45) is 0. The van der Waals surface area contributed by atoms with Crippen molar-refractivity contribution in [1.82, 2.24) is 0 Å². The Morgan fingerprint density at radius 3 is 0.862 bits per heavy atom. The predicted octanol–water partition coefficient (Wildman–Crippen LogP) is 9.34. The molecule has 0 saturated heterocycles. The van der Waals surface area contributed by atoms with Crippen LogP contribution in [0.4, 0.5) is 0 Å². The molecule has 0 unspecified atom stereocenters. The SMILES string of the molecule is O=S1(=O)OC(c2c(Cl)c(Cl)c(Cl)c(Cl)c2Cl)=C(c2c(Cl)c(Cl)c(Cl)c(Cl)c2Cl)O1. The molecule has 1 aliphatic rings. The Morgan fingerprint density at radius 2 is 0.621 bits per heavy atom. The summed E-state index contributed by atoms with van der Waals surface area (Å²) in [5.74, 6) is -1.06. The molecular weight excluding hydrogens is 619 g/mol. The van der Waals surface area contributed by atoms with Crippen molar-refractivity contribution in [3.63, 3.8) is 0 Å². The molecule has 15 heteroatoms. The van der Waals surface area contributed by atoms with Crippen molar-refractivity contribution in [2.24, 2.45) is 0 Å². The molecule has 2 aromatic carbocycles. The predicted molar refractivity (Wildman–Crippen MR) is 121 cm³/mol.